The van der Waals surface area contributed by atoms with Crippen LogP contribution in [0.25, 0.3) is 0 Å². The first-order chi connectivity index (χ1) is 9.20. The topological polar surface area (TPSA) is 56.3 Å². The molecule has 1 aromatic heterocycles. The molecule has 0 unspecified atom stereocenters. The fourth-order valence-electron chi connectivity index (χ4n) is 2.50. The van der Waals surface area contributed by atoms with Gasteiger partial charge in [-0.05, 0) is 26.8 Å². The number of aromatic nitrogens is 1. The Hall–Kier alpha value is -1.38. The molecule has 0 aliphatic carbocycles. The van der Waals surface area contributed by atoms with Gasteiger partial charge in [0.2, 0.25) is 0 Å². The van der Waals surface area contributed by atoms with Gasteiger partial charge in [0, 0.05) is 44.7 Å². The van der Waals surface area contributed by atoms with Crippen LogP contribution in [0.2, 0.25) is 0 Å². The molecule has 5 nitrogen and oxygen atoms in total. The predicted octanol–water partition coefficient (Wildman–Crippen LogP) is 1.71. The predicted molar refractivity (Wildman–Crippen MR) is 72.5 cm³/mol. The first-order valence-electron chi connectivity index (χ1n) is 6.94. The highest BCUT2D eigenvalue weighted by molar-refractivity contribution is 5.20. The first kappa shape index (κ1) is 14.0. The summed E-state index contributed by atoms with van der Waals surface area (Å²) >= 11 is 0. The van der Waals surface area contributed by atoms with E-state index < -0.39 is 0 Å². The minimum Gasteiger partial charge on any atom is -0.361 e. The second-order valence-corrected chi connectivity index (χ2v) is 5.18. The lowest BCUT2D eigenvalue weighted by Gasteiger charge is -2.34. The lowest BCUT2D eigenvalue weighted by Crippen LogP contribution is -2.46. The van der Waals surface area contributed by atoms with Crippen molar-refractivity contribution >= 4 is 0 Å². The summed E-state index contributed by atoms with van der Waals surface area (Å²) in [6, 6.07) is 2.20. The van der Waals surface area contributed by atoms with Crippen molar-refractivity contribution in [2.45, 2.75) is 33.2 Å². The Labute approximate surface area is 114 Å². The molecule has 5 heteroatoms. The molecule has 19 heavy (non-hydrogen) atoms. The highest BCUT2D eigenvalue weighted by atomic mass is 16.5. The third-order valence-electron chi connectivity index (χ3n) is 3.79. The number of hydrogen-bond acceptors (Lipinski definition) is 5. The lowest BCUT2D eigenvalue weighted by molar-refractivity contribution is 0.126. The number of nitriles is 1. The Morgan fingerprint density at radius 1 is 1.21 bits per heavy atom. The fourth-order valence-corrected chi connectivity index (χ4v) is 2.50. The molecule has 0 amide bonds. The molecule has 104 valence electrons. The number of rotatable bonds is 5. The summed E-state index contributed by atoms with van der Waals surface area (Å²) in [7, 11) is 0. The maximum Gasteiger partial charge on any atom is 0.138 e. The van der Waals surface area contributed by atoms with Crippen LogP contribution in [0.4, 0.5) is 0 Å². The second kappa shape index (κ2) is 6.69. The van der Waals surface area contributed by atoms with Gasteiger partial charge in [0.05, 0.1) is 11.8 Å². The molecule has 1 aliphatic heterocycles. The third kappa shape index (κ3) is 3.79. The van der Waals surface area contributed by atoms with Crippen molar-refractivity contribution in [3.63, 3.8) is 0 Å². The minimum absolute atomic E-state index is 0.666. The monoisotopic (exact) mass is 262 g/mol. The molecule has 1 aromatic rings. The molecule has 0 bridgehead atoms. The van der Waals surface area contributed by atoms with Crippen LogP contribution in [0.3, 0.4) is 0 Å². The van der Waals surface area contributed by atoms with Crippen LogP contribution in [-0.4, -0.2) is 47.7 Å². The van der Waals surface area contributed by atoms with E-state index in [1.807, 2.05) is 13.8 Å². The van der Waals surface area contributed by atoms with E-state index in [-0.39, 0.29) is 0 Å². The summed E-state index contributed by atoms with van der Waals surface area (Å²) in [5, 5.41) is 12.5. The Morgan fingerprint density at radius 3 is 2.47 bits per heavy atom. The van der Waals surface area contributed by atoms with Crippen molar-refractivity contribution in [1.29, 1.82) is 5.26 Å². The molecule has 0 saturated carbocycles. The van der Waals surface area contributed by atoms with E-state index in [2.05, 4.69) is 21.0 Å². The molecule has 0 spiro atoms. The largest absolute Gasteiger partial charge is 0.361 e. The summed E-state index contributed by atoms with van der Waals surface area (Å²) in [5.74, 6) is 0.939. The van der Waals surface area contributed by atoms with Gasteiger partial charge in [0.1, 0.15) is 5.76 Å². The first-order valence-corrected chi connectivity index (χ1v) is 6.94. The highest BCUT2D eigenvalue weighted by Crippen LogP contribution is 2.16. The standard InChI is InChI=1S/C14H22N4O/c1-12-14(13(2)19-16-12)11-18-9-7-17(8-10-18)6-4-3-5-15/h3-4,6-11H2,1-2H3. The number of nitrogens with zero attached hydrogens (tertiary/aromatic N) is 4. The molecule has 0 N–H and O–H groups in total. The molecule has 2 heterocycles. The Morgan fingerprint density at radius 2 is 1.89 bits per heavy atom. The molecule has 0 aromatic carbocycles. The van der Waals surface area contributed by atoms with Gasteiger partial charge in [-0.15, -0.1) is 0 Å². The molecule has 1 aliphatic rings. The molecular weight excluding hydrogens is 240 g/mol. The number of piperazine rings is 1. The zero-order valence-corrected chi connectivity index (χ0v) is 11.9. The van der Waals surface area contributed by atoms with E-state index in [0.717, 1.165) is 57.1 Å². The maximum absolute atomic E-state index is 8.54. The summed E-state index contributed by atoms with van der Waals surface area (Å²) in [6.07, 6.45) is 1.65. The SMILES string of the molecule is Cc1noc(C)c1CN1CCN(CCCC#N)CC1. The van der Waals surface area contributed by atoms with Crippen LogP contribution < -0.4 is 0 Å². The van der Waals surface area contributed by atoms with Crippen LogP contribution in [0.15, 0.2) is 4.52 Å². The van der Waals surface area contributed by atoms with Gasteiger partial charge in [-0.25, -0.2) is 0 Å². The van der Waals surface area contributed by atoms with Crippen LogP contribution in [0, 0.1) is 25.2 Å². The van der Waals surface area contributed by atoms with Crippen molar-refractivity contribution in [3.8, 4) is 6.07 Å². The summed E-state index contributed by atoms with van der Waals surface area (Å²) in [6.45, 7) is 10.3. The van der Waals surface area contributed by atoms with Crippen LogP contribution in [0.1, 0.15) is 29.9 Å². The maximum atomic E-state index is 8.54. The van der Waals surface area contributed by atoms with Gasteiger partial charge >= 0.3 is 0 Å². The average Bonchev–Trinajstić information content (AvgIpc) is 2.73. The van der Waals surface area contributed by atoms with E-state index in [1.165, 1.54) is 5.56 Å². The molecule has 0 atom stereocenters. The Bertz CT molecular complexity index is 421. The Kier molecular flexibility index (Phi) is 4.94. The van der Waals surface area contributed by atoms with E-state index in [1.54, 1.807) is 0 Å². The average molecular weight is 262 g/mol. The summed E-state index contributed by atoms with van der Waals surface area (Å²) in [5.41, 5.74) is 2.24. The molecular formula is C14H22N4O. The molecule has 0 radical (unpaired) electrons. The third-order valence-corrected chi connectivity index (χ3v) is 3.79. The lowest BCUT2D eigenvalue weighted by atomic mass is 10.1. The molecule has 1 saturated heterocycles. The van der Waals surface area contributed by atoms with Gasteiger partial charge in [-0.2, -0.15) is 5.26 Å². The van der Waals surface area contributed by atoms with E-state index in [0.29, 0.717) is 6.42 Å². The van der Waals surface area contributed by atoms with Crippen LogP contribution in [-0.2, 0) is 6.54 Å². The van der Waals surface area contributed by atoms with E-state index in [9.17, 15) is 0 Å². The molecule has 1 fully saturated rings. The molecule has 2 rings (SSSR count). The van der Waals surface area contributed by atoms with Gasteiger partial charge in [-0.1, -0.05) is 5.16 Å². The highest BCUT2D eigenvalue weighted by Gasteiger charge is 2.19. The van der Waals surface area contributed by atoms with Gasteiger partial charge in [-0.3, -0.25) is 4.90 Å². The normalized spacial score (nSPS) is 17.5. The minimum atomic E-state index is 0.666. The summed E-state index contributed by atoms with van der Waals surface area (Å²) < 4.78 is 5.21. The number of aryl methyl sites for hydroxylation is 2. The quantitative estimate of drug-likeness (QED) is 0.756. The van der Waals surface area contributed by atoms with E-state index >= 15 is 0 Å². The van der Waals surface area contributed by atoms with Crippen molar-refractivity contribution in [3.05, 3.63) is 17.0 Å². The van der Waals surface area contributed by atoms with Gasteiger partial charge in [0.25, 0.3) is 0 Å². The van der Waals surface area contributed by atoms with Gasteiger partial charge < -0.3 is 9.42 Å². The smallest absolute Gasteiger partial charge is 0.138 e. The van der Waals surface area contributed by atoms with Crippen molar-refractivity contribution < 1.29 is 4.52 Å². The van der Waals surface area contributed by atoms with Crippen molar-refractivity contribution in [1.82, 2.24) is 15.0 Å². The Balaban J connectivity index is 1.76. The van der Waals surface area contributed by atoms with Crippen molar-refractivity contribution in [2.75, 3.05) is 32.7 Å². The second-order valence-electron chi connectivity index (χ2n) is 5.18. The zero-order chi connectivity index (χ0) is 13.7. The summed E-state index contributed by atoms with van der Waals surface area (Å²) in [4.78, 5) is 4.90. The van der Waals surface area contributed by atoms with Crippen LogP contribution >= 0.6 is 0 Å². The van der Waals surface area contributed by atoms with Crippen LogP contribution in [0.5, 0.6) is 0 Å². The fraction of sp³-hybridized carbons (Fsp3) is 0.714. The number of unbranched alkanes of at least 4 members (excludes halogenated alkanes) is 1. The van der Waals surface area contributed by atoms with E-state index in [4.69, 9.17) is 9.78 Å². The van der Waals surface area contributed by atoms with Crippen molar-refractivity contribution in [2.24, 2.45) is 0 Å². The zero-order valence-electron chi connectivity index (χ0n) is 11.9. The number of hydrogen-bond donors (Lipinski definition) is 0. The van der Waals surface area contributed by atoms with Gasteiger partial charge in [0.15, 0.2) is 0 Å².